The number of ether oxygens (including phenoxy) is 1. The lowest BCUT2D eigenvalue weighted by molar-refractivity contribution is 0.102. The van der Waals surface area contributed by atoms with Gasteiger partial charge in [-0.05, 0) is 41.1 Å². The molecule has 1 aromatic heterocycles. The summed E-state index contributed by atoms with van der Waals surface area (Å²) < 4.78 is 5.76. The maximum Gasteiger partial charge on any atom is 0.258 e. The summed E-state index contributed by atoms with van der Waals surface area (Å²) in [7, 11) is 1.54. The molecule has 0 bridgehead atoms. The molecule has 6 nitrogen and oxygen atoms in total. The summed E-state index contributed by atoms with van der Waals surface area (Å²) in [5, 5.41) is 16.6. The molecule has 2 rings (SSSR count). The first kappa shape index (κ1) is 15.5. The zero-order valence-corrected chi connectivity index (χ0v) is 13.7. The molecule has 0 aliphatic carbocycles. The zero-order chi connectivity index (χ0) is 15.4. The Labute approximate surface area is 133 Å². The number of carbonyl (C=O) groups excluding carboxylic acids is 1. The van der Waals surface area contributed by atoms with Gasteiger partial charge in [-0.25, -0.2) is 4.98 Å². The number of methoxy groups -OCH3 is 1. The minimum Gasteiger partial charge on any atom is -0.497 e. The van der Waals surface area contributed by atoms with Gasteiger partial charge in [-0.3, -0.25) is 10.1 Å². The van der Waals surface area contributed by atoms with Crippen LogP contribution in [0, 0.1) is 0 Å². The van der Waals surface area contributed by atoms with E-state index < -0.39 is 0 Å². The molecule has 1 amide bonds. The van der Waals surface area contributed by atoms with E-state index in [-0.39, 0.29) is 5.91 Å². The average Bonchev–Trinajstić information content (AvgIpc) is 2.95. The maximum absolute atomic E-state index is 12.2. The number of thiazole rings is 1. The fraction of sp³-hybridized carbons (Fsp3) is 0.154. The van der Waals surface area contributed by atoms with Crippen LogP contribution in [0.2, 0.25) is 0 Å². The van der Waals surface area contributed by atoms with Crippen LogP contribution in [-0.2, 0) is 0 Å². The highest BCUT2D eigenvalue weighted by Gasteiger charge is 2.14. The fourth-order valence-electron chi connectivity index (χ4n) is 1.52. The van der Waals surface area contributed by atoms with Crippen LogP contribution in [0.3, 0.4) is 0 Å². The van der Waals surface area contributed by atoms with E-state index >= 15 is 0 Å². The summed E-state index contributed by atoms with van der Waals surface area (Å²) in [5.74, 6) is 0.284. The summed E-state index contributed by atoms with van der Waals surface area (Å²) >= 11 is 4.58. The van der Waals surface area contributed by atoms with Gasteiger partial charge in [-0.15, -0.1) is 11.3 Å². The van der Waals surface area contributed by atoms with E-state index in [4.69, 9.17) is 9.94 Å². The number of nitrogens with zero attached hydrogens (tertiary/aromatic N) is 2. The van der Waals surface area contributed by atoms with Gasteiger partial charge in [0.15, 0.2) is 5.13 Å². The predicted molar refractivity (Wildman–Crippen MR) is 84.8 cm³/mol. The predicted octanol–water partition coefficient (Wildman–Crippen LogP) is 3.36. The Morgan fingerprint density at radius 1 is 1.52 bits per heavy atom. The lowest BCUT2D eigenvalue weighted by atomic mass is 10.2. The Balaban J connectivity index is 2.20. The third-order valence-electron chi connectivity index (χ3n) is 2.66. The molecule has 0 fully saturated rings. The molecule has 0 unspecified atom stereocenters. The smallest absolute Gasteiger partial charge is 0.258 e. The number of nitrogens with one attached hydrogen (secondary N) is 1. The number of oxime groups is 1. The summed E-state index contributed by atoms with van der Waals surface area (Å²) in [6, 6.07) is 5.13. The van der Waals surface area contributed by atoms with Crippen molar-refractivity contribution in [3.8, 4) is 5.75 Å². The molecule has 0 aliphatic rings. The Bertz CT molecular complexity index is 700. The molecule has 8 heteroatoms. The number of rotatable bonds is 4. The Hall–Kier alpha value is -1.93. The van der Waals surface area contributed by atoms with E-state index in [1.165, 1.54) is 18.4 Å². The number of aromatic nitrogens is 1. The van der Waals surface area contributed by atoms with E-state index in [9.17, 15) is 4.79 Å². The van der Waals surface area contributed by atoms with Crippen molar-refractivity contribution in [3.05, 3.63) is 39.3 Å². The number of amides is 1. The van der Waals surface area contributed by atoms with Crippen molar-refractivity contribution in [2.24, 2.45) is 5.16 Å². The molecule has 21 heavy (non-hydrogen) atoms. The molecule has 1 aromatic carbocycles. The summed E-state index contributed by atoms with van der Waals surface area (Å²) in [6.07, 6.45) is 0. The van der Waals surface area contributed by atoms with E-state index in [1.807, 2.05) is 0 Å². The summed E-state index contributed by atoms with van der Waals surface area (Å²) in [5.41, 5.74) is 1.34. The van der Waals surface area contributed by atoms with E-state index in [1.54, 1.807) is 30.5 Å². The van der Waals surface area contributed by atoms with Crippen molar-refractivity contribution in [3.63, 3.8) is 0 Å². The SMILES string of the molecule is COc1ccc(Br)c(C(=O)Nc2nc(C(C)=NO)cs2)c1. The minimum absolute atomic E-state index is 0.305. The van der Waals surface area contributed by atoms with E-state index in [2.05, 4.69) is 31.4 Å². The van der Waals surface area contributed by atoms with Crippen molar-refractivity contribution in [1.82, 2.24) is 4.98 Å². The van der Waals surface area contributed by atoms with Crippen LogP contribution in [0.4, 0.5) is 5.13 Å². The molecule has 0 saturated heterocycles. The van der Waals surface area contributed by atoms with Gasteiger partial charge in [-0.2, -0.15) is 0 Å². The highest BCUT2D eigenvalue weighted by molar-refractivity contribution is 9.10. The van der Waals surface area contributed by atoms with Gasteiger partial charge in [0.25, 0.3) is 5.91 Å². The van der Waals surface area contributed by atoms with Crippen molar-refractivity contribution < 1.29 is 14.7 Å². The van der Waals surface area contributed by atoms with Crippen molar-refractivity contribution in [2.75, 3.05) is 12.4 Å². The topological polar surface area (TPSA) is 83.8 Å². The first-order valence-electron chi connectivity index (χ1n) is 5.84. The normalized spacial score (nSPS) is 11.3. The molecule has 2 aromatic rings. The number of anilines is 1. The lowest BCUT2D eigenvalue weighted by Crippen LogP contribution is -2.12. The van der Waals surface area contributed by atoms with E-state index in [0.29, 0.717) is 32.3 Å². The molecule has 0 spiro atoms. The van der Waals surface area contributed by atoms with Crippen LogP contribution in [0.5, 0.6) is 5.75 Å². The molecule has 0 saturated carbocycles. The third-order valence-corrected chi connectivity index (χ3v) is 4.11. The molecule has 2 N–H and O–H groups in total. The average molecular weight is 370 g/mol. The molecular weight excluding hydrogens is 358 g/mol. The van der Waals surface area contributed by atoms with Crippen LogP contribution in [0.25, 0.3) is 0 Å². The molecule has 0 aliphatic heterocycles. The summed E-state index contributed by atoms with van der Waals surface area (Å²) in [6.45, 7) is 1.62. The number of carbonyl (C=O) groups is 1. The van der Waals surface area contributed by atoms with Gasteiger partial charge >= 0.3 is 0 Å². The molecular formula is C13H12BrN3O3S. The van der Waals surface area contributed by atoms with Gasteiger partial charge in [0.2, 0.25) is 0 Å². The highest BCUT2D eigenvalue weighted by Crippen LogP contribution is 2.24. The Morgan fingerprint density at radius 2 is 2.29 bits per heavy atom. The maximum atomic E-state index is 12.2. The zero-order valence-electron chi connectivity index (χ0n) is 11.3. The first-order chi connectivity index (χ1) is 10.0. The third kappa shape index (κ3) is 3.59. The van der Waals surface area contributed by atoms with Crippen molar-refractivity contribution in [2.45, 2.75) is 6.92 Å². The van der Waals surface area contributed by atoms with Gasteiger partial charge < -0.3 is 9.94 Å². The van der Waals surface area contributed by atoms with Crippen LogP contribution in [-0.4, -0.2) is 28.9 Å². The Morgan fingerprint density at radius 3 is 2.95 bits per heavy atom. The lowest BCUT2D eigenvalue weighted by Gasteiger charge is -2.06. The molecule has 110 valence electrons. The fourth-order valence-corrected chi connectivity index (χ4v) is 2.69. The van der Waals surface area contributed by atoms with Gasteiger partial charge in [0.1, 0.15) is 17.2 Å². The quantitative estimate of drug-likeness (QED) is 0.491. The molecule has 0 radical (unpaired) electrons. The first-order valence-corrected chi connectivity index (χ1v) is 7.52. The van der Waals surface area contributed by atoms with Crippen LogP contribution in [0.15, 0.2) is 33.2 Å². The van der Waals surface area contributed by atoms with Crippen LogP contribution < -0.4 is 10.1 Å². The minimum atomic E-state index is -0.305. The number of hydrogen-bond donors (Lipinski definition) is 2. The van der Waals surface area contributed by atoms with Crippen molar-refractivity contribution in [1.29, 1.82) is 0 Å². The van der Waals surface area contributed by atoms with Gasteiger partial charge in [0.05, 0.1) is 12.7 Å². The Kier molecular flexibility index (Phi) is 4.92. The van der Waals surface area contributed by atoms with Crippen molar-refractivity contribution >= 4 is 44.0 Å². The second-order valence-electron chi connectivity index (χ2n) is 4.02. The molecule has 1 heterocycles. The number of halogens is 1. The van der Waals surface area contributed by atoms with Gasteiger partial charge in [-0.1, -0.05) is 5.16 Å². The largest absolute Gasteiger partial charge is 0.497 e. The van der Waals surface area contributed by atoms with Crippen LogP contribution >= 0.6 is 27.3 Å². The van der Waals surface area contributed by atoms with Crippen LogP contribution in [0.1, 0.15) is 23.0 Å². The standard InChI is InChI=1S/C13H12BrN3O3S/c1-7(17-19)11-6-21-13(15-11)16-12(18)9-5-8(20-2)3-4-10(9)14/h3-6,19H,1-2H3,(H,15,16,18). The number of hydrogen-bond acceptors (Lipinski definition) is 6. The monoisotopic (exact) mass is 369 g/mol. The van der Waals surface area contributed by atoms with Gasteiger partial charge in [0, 0.05) is 9.85 Å². The molecule has 0 atom stereocenters. The highest BCUT2D eigenvalue weighted by atomic mass is 79.9. The second-order valence-corrected chi connectivity index (χ2v) is 5.74. The second kappa shape index (κ2) is 6.68. The summed E-state index contributed by atoms with van der Waals surface area (Å²) in [4.78, 5) is 16.4. The van der Waals surface area contributed by atoms with E-state index in [0.717, 1.165) is 0 Å². The number of benzene rings is 1.